The van der Waals surface area contributed by atoms with Crippen molar-refractivity contribution in [2.45, 2.75) is 6.42 Å². The summed E-state index contributed by atoms with van der Waals surface area (Å²) in [6, 6.07) is 0. The molecule has 1 amide bonds. The Morgan fingerprint density at radius 3 is 2.88 bits per heavy atom. The number of carbonyl (C=O) groups is 2. The maximum absolute atomic E-state index is 11.1. The Kier molecular flexibility index (Phi) is 4.65. The third-order valence-electron chi connectivity index (χ3n) is 1.87. The van der Waals surface area contributed by atoms with E-state index in [0.717, 1.165) is 0 Å². The SMILES string of the molecule is COC(=O)CCNc1nc(Cl)ncc1C(N)=O. The second kappa shape index (κ2) is 6.00. The number of hydrogen-bond acceptors (Lipinski definition) is 6. The Balaban J connectivity index is 2.72. The third-order valence-corrected chi connectivity index (χ3v) is 2.06. The van der Waals surface area contributed by atoms with Gasteiger partial charge in [0.25, 0.3) is 5.91 Å². The summed E-state index contributed by atoms with van der Waals surface area (Å²) in [6.07, 6.45) is 1.36. The van der Waals surface area contributed by atoms with Crippen molar-refractivity contribution in [1.29, 1.82) is 0 Å². The number of nitrogens with one attached hydrogen (secondary N) is 1. The lowest BCUT2D eigenvalue weighted by Gasteiger charge is -2.07. The van der Waals surface area contributed by atoms with E-state index in [1.54, 1.807) is 0 Å². The van der Waals surface area contributed by atoms with Gasteiger partial charge in [-0.05, 0) is 11.6 Å². The minimum absolute atomic E-state index is 0.0180. The molecule has 0 fully saturated rings. The van der Waals surface area contributed by atoms with E-state index in [-0.39, 0.29) is 35.6 Å². The first-order valence-corrected chi connectivity index (χ1v) is 5.05. The fourth-order valence-corrected chi connectivity index (χ4v) is 1.19. The van der Waals surface area contributed by atoms with Crippen molar-refractivity contribution >= 4 is 29.3 Å². The van der Waals surface area contributed by atoms with Gasteiger partial charge in [0.1, 0.15) is 5.82 Å². The van der Waals surface area contributed by atoms with Crippen LogP contribution in [0.25, 0.3) is 0 Å². The molecule has 0 atom stereocenters. The predicted octanol–water partition coefficient (Wildman–Crippen LogP) is 0.204. The number of primary amides is 1. The molecule has 0 bridgehead atoms. The number of methoxy groups -OCH3 is 1. The number of esters is 1. The molecule has 0 aromatic carbocycles. The highest BCUT2D eigenvalue weighted by Gasteiger charge is 2.11. The van der Waals surface area contributed by atoms with Crippen molar-refractivity contribution in [1.82, 2.24) is 9.97 Å². The molecule has 8 heteroatoms. The first kappa shape index (κ1) is 13.2. The van der Waals surface area contributed by atoms with Crippen LogP contribution in [-0.4, -0.2) is 35.5 Å². The first-order valence-electron chi connectivity index (χ1n) is 4.67. The largest absolute Gasteiger partial charge is 0.469 e. The molecule has 0 aliphatic heterocycles. The molecule has 1 rings (SSSR count). The number of hydrogen-bond donors (Lipinski definition) is 2. The molecule has 92 valence electrons. The van der Waals surface area contributed by atoms with Crippen LogP contribution in [0, 0.1) is 0 Å². The summed E-state index contributed by atoms with van der Waals surface area (Å²) in [7, 11) is 1.29. The average molecular weight is 259 g/mol. The molecule has 17 heavy (non-hydrogen) atoms. The van der Waals surface area contributed by atoms with Crippen LogP contribution in [0.2, 0.25) is 5.28 Å². The highest BCUT2D eigenvalue weighted by atomic mass is 35.5. The molecule has 0 unspecified atom stereocenters. The van der Waals surface area contributed by atoms with Crippen LogP contribution in [0.1, 0.15) is 16.8 Å². The van der Waals surface area contributed by atoms with Crippen LogP contribution in [-0.2, 0) is 9.53 Å². The van der Waals surface area contributed by atoms with E-state index in [1.807, 2.05) is 0 Å². The summed E-state index contributed by atoms with van der Waals surface area (Å²) in [5.74, 6) is -0.859. The smallest absolute Gasteiger partial charge is 0.307 e. The molecular formula is C9H11ClN4O3. The van der Waals surface area contributed by atoms with E-state index >= 15 is 0 Å². The van der Waals surface area contributed by atoms with Crippen LogP contribution in [0.5, 0.6) is 0 Å². The van der Waals surface area contributed by atoms with E-state index < -0.39 is 5.91 Å². The number of anilines is 1. The predicted molar refractivity (Wildman–Crippen MR) is 60.7 cm³/mol. The van der Waals surface area contributed by atoms with Gasteiger partial charge in [0.2, 0.25) is 5.28 Å². The highest BCUT2D eigenvalue weighted by molar-refractivity contribution is 6.28. The molecule has 0 aliphatic rings. The third kappa shape index (κ3) is 3.87. The van der Waals surface area contributed by atoms with E-state index in [0.29, 0.717) is 0 Å². The molecule has 7 nitrogen and oxygen atoms in total. The summed E-state index contributed by atoms with van der Waals surface area (Å²) >= 11 is 5.58. The second-order valence-corrected chi connectivity index (χ2v) is 3.36. The van der Waals surface area contributed by atoms with Gasteiger partial charge in [-0.25, -0.2) is 4.98 Å². The van der Waals surface area contributed by atoms with Gasteiger partial charge in [-0.1, -0.05) is 0 Å². The number of carbonyl (C=O) groups excluding carboxylic acids is 2. The summed E-state index contributed by atoms with van der Waals surface area (Å²) in [4.78, 5) is 29.4. The number of rotatable bonds is 5. The maximum Gasteiger partial charge on any atom is 0.307 e. The van der Waals surface area contributed by atoms with Crippen molar-refractivity contribution in [3.8, 4) is 0 Å². The van der Waals surface area contributed by atoms with Gasteiger partial charge in [-0.15, -0.1) is 0 Å². The fourth-order valence-electron chi connectivity index (χ4n) is 1.06. The quantitative estimate of drug-likeness (QED) is 0.577. The molecule has 1 heterocycles. The number of nitrogens with zero attached hydrogens (tertiary/aromatic N) is 2. The first-order chi connectivity index (χ1) is 8.04. The zero-order valence-corrected chi connectivity index (χ0v) is 9.82. The Morgan fingerprint density at radius 1 is 1.59 bits per heavy atom. The lowest BCUT2D eigenvalue weighted by Crippen LogP contribution is -2.18. The lowest BCUT2D eigenvalue weighted by molar-refractivity contribution is -0.140. The maximum atomic E-state index is 11.1. The lowest BCUT2D eigenvalue weighted by atomic mass is 10.3. The zero-order chi connectivity index (χ0) is 12.8. The summed E-state index contributed by atoms with van der Waals surface area (Å²) in [5, 5.41) is 2.75. The normalized spacial score (nSPS) is 9.76. The van der Waals surface area contributed by atoms with Crippen molar-refractivity contribution in [2.24, 2.45) is 5.73 Å². The van der Waals surface area contributed by atoms with Crippen LogP contribution < -0.4 is 11.1 Å². The van der Waals surface area contributed by atoms with E-state index in [4.69, 9.17) is 17.3 Å². The number of nitrogens with two attached hydrogens (primary N) is 1. The van der Waals surface area contributed by atoms with Crippen molar-refractivity contribution in [3.63, 3.8) is 0 Å². The second-order valence-electron chi connectivity index (χ2n) is 3.02. The number of aromatic nitrogens is 2. The number of halogens is 1. The minimum atomic E-state index is -0.678. The molecular weight excluding hydrogens is 248 g/mol. The van der Waals surface area contributed by atoms with Gasteiger partial charge in [-0.2, -0.15) is 4.98 Å². The van der Waals surface area contributed by atoms with Gasteiger partial charge >= 0.3 is 5.97 Å². The molecule has 0 saturated heterocycles. The standard InChI is InChI=1S/C9H11ClN4O3/c1-17-6(15)2-3-12-8-5(7(11)16)4-13-9(10)14-8/h4H,2-3H2,1H3,(H2,11,16)(H,12,13,14). The monoisotopic (exact) mass is 258 g/mol. The Morgan fingerprint density at radius 2 is 2.29 bits per heavy atom. The van der Waals surface area contributed by atoms with Crippen LogP contribution in [0.4, 0.5) is 5.82 Å². The Labute approximate surface area is 102 Å². The van der Waals surface area contributed by atoms with Gasteiger partial charge < -0.3 is 15.8 Å². The van der Waals surface area contributed by atoms with Crippen LogP contribution in [0.3, 0.4) is 0 Å². The molecule has 1 aromatic heterocycles. The highest BCUT2D eigenvalue weighted by Crippen LogP contribution is 2.13. The summed E-state index contributed by atoms with van der Waals surface area (Å²) in [6.45, 7) is 0.250. The van der Waals surface area contributed by atoms with Crippen molar-refractivity contribution in [2.75, 3.05) is 19.0 Å². The molecule has 3 N–H and O–H groups in total. The number of ether oxygens (including phenoxy) is 1. The molecule has 0 aliphatic carbocycles. The molecule has 0 saturated carbocycles. The van der Waals surface area contributed by atoms with Gasteiger partial charge in [0, 0.05) is 12.7 Å². The molecule has 0 radical (unpaired) electrons. The average Bonchev–Trinajstić information content (AvgIpc) is 2.28. The summed E-state index contributed by atoms with van der Waals surface area (Å²) < 4.78 is 4.46. The number of amides is 1. The van der Waals surface area contributed by atoms with Crippen LogP contribution in [0.15, 0.2) is 6.20 Å². The van der Waals surface area contributed by atoms with E-state index in [9.17, 15) is 9.59 Å². The fraction of sp³-hybridized carbons (Fsp3) is 0.333. The van der Waals surface area contributed by atoms with Crippen molar-refractivity contribution < 1.29 is 14.3 Å². The van der Waals surface area contributed by atoms with E-state index in [2.05, 4.69) is 20.0 Å². The molecule has 0 spiro atoms. The Bertz CT molecular complexity index is 438. The zero-order valence-electron chi connectivity index (χ0n) is 9.07. The van der Waals surface area contributed by atoms with Crippen LogP contribution >= 0.6 is 11.6 Å². The molecule has 1 aromatic rings. The van der Waals surface area contributed by atoms with E-state index in [1.165, 1.54) is 13.3 Å². The Hall–Kier alpha value is -1.89. The van der Waals surface area contributed by atoms with Gasteiger partial charge in [0.15, 0.2) is 0 Å². The topological polar surface area (TPSA) is 107 Å². The van der Waals surface area contributed by atoms with Crippen molar-refractivity contribution in [3.05, 3.63) is 17.0 Å². The van der Waals surface area contributed by atoms with Gasteiger partial charge in [0.05, 0.1) is 19.1 Å². The van der Waals surface area contributed by atoms with Gasteiger partial charge in [-0.3, -0.25) is 9.59 Å². The summed E-state index contributed by atoms with van der Waals surface area (Å²) in [5.41, 5.74) is 5.24. The minimum Gasteiger partial charge on any atom is -0.469 e.